The number of aliphatic hydroxyl groups is 1. The highest BCUT2D eigenvalue weighted by Crippen LogP contribution is 2.63. The molecule has 0 aliphatic heterocycles. The number of benzene rings is 1. The highest BCUT2D eigenvalue weighted by Gasteiger charge is 2.60. The van der Waals surface area contributed by atoms with Crippen molar-refractivity contribution in [3.05, 3.63) is 34.5 Å². The number of aromatic hydroxyl groups is 1. The first kappa shape index (κ1) is 35.5. The fourth-order valence-electron chi connectivity index (χ4n) is 8.43. The van der Waals surface area contributed by atoms with Gasteiger partial charge in [-0.15, -0.1) is 0 Å². The second-order valence-electron chi connectivity index (χ2n) is 14.0. The molecule has 12 heteroatoms. The lowest BCUT2D eigenvalue weighted by Gasteiger charge is -2.54. The summed E-state index contributed by atoms with van der Waals surface area (Å²) in [6, 6.07) is 5.26. The topological polar surface area (TPSA) is 80.6 Å². The molecule has 0 amide bonds. The molecule has 9 unspecified atom stereocenters. The molecule has 0 spiro atoms. The third kappa shape index (κ3) is 7.94. The van der Waals surface area contributed by atoms with E-state index in [0.29, 0.717) is 25.8 Å². The Morgan fingerprint density at radius 1 is 1.05 bits per heavy atom. The van der Waals surface area contributed by atoms with Gasteiger partial charge in [-0.05, 0) is 97.8 Å². The van der Waals surface area contributed by atoms with Crippen LogP contribution in [0.15, 0.2) is 18.2 Å². The molecular weight excluding hydrogens is 608 g/mol. The lowest BCUT2D eigenvalue weighted by atomic mass is 9.51. The minimum atomic E-state index is -5.61. The van der Waals surface area contributed by atoms with Gasteiger partial charge in [0.05, 0.1) is 26.2 Å². The lowest BCUT2D eigenvalue weighted by Crippen LogP contribution is -2.51. The summed E-state index contributed by atoms with van der Waals surface area (Å²) in [6.45, 7) is 2.56. The number of hydrogen-bond donors (Lipinski definition) is 2. The van der Waals surface area contributed by atoms with Crippen LogP contribution in [0.1, 0.15) is 88.2 Å². The Hall–Kier alpha value is -1.37. The fourth-order valence-corrected chi connectivity index (χ4v) is 9.56. The van der Waals surface area contributed by atoms with Crippen LogP contribution in [0.5, 0.6) is 5.75 Å². The van der Waals surface area contributed by atoms with Crippen molar-refractivity contribution >= 4 is 10.8 Å². The number of halogens is 6. The van der Waals surface area contributed by atoms with Gasteiger partial charge in [-0.2, -0.15) is 22.0 Å². The van der Waals surface area contributed by atoms with Crippen molar-refractivity contribution < 1.29 is 45.4 Å². The molecule has 1 aromatic carbocycles. The number of hydroxylamine groups is 3. The molecular formula is C32H47F6NO4S. The molecule has 44 heavy (non-hydrogen) atoms. The van der Waals surface area contributed by atoms with E-state index in [1.165, 1.54) is 7.05 Å². The number of rotatable bonds is 14. The number of alkyl halides is 6. The summed E-state index contributed by atoms with van der Waals surface area (Å²) >= 11 is 0. The molecule has 3 aliphatic carbocycles. The van der Waals surface area contributed by atoms with Crippen molar-refractivity contribution in [1.82, 2.24) is 0 Å². The van der Waals surface area contributed by atoms with E-state index in [2.05, 4.69) is 0 Å². The Balaban J connectivity index is 1.23. The van der Waals surface area contributed by atoms with Crippen LogP contribution in [0.3, 0.4) is 0 Å². The summed E-state index contributed by atoms with van der Waals surface area (Å²) in [7, 11) is -0.0410. The molecule has 3 aliphatic rings. The Morgan fingerprint density at radius 3 is 2.43 bits per heavy atom. The number of aliphatic hydroxyl groups excluding tert-OH is 1. The van der Waals surface area contributed by atoms with Gasteiger partial charge in [0.15, 0.2) is 0 Å². The molecule has 0 radical (unpaired) electrons. The van der Waals surface area contributed by atoms with Gasteiger partial charge in [0.1, 0.15) is 11.9 Å². The quantitative estimate of drug-likeness (QED) is 0.0948. The molecule has 0 aromatic heterocycles. The zero-order valence-electron chi connectivity index (χ0n) is 25.6. The lowest BCUT2D eigenvalue weighted by molar-refractivity contribution is -0.860. The number of hydrogen-bond acceptors (Lipinski definition) is 4. The first-order valence-corrected chi connectivity index (χ1v) is 17.4. The van der Waals surface area contributed by atoms with Gasteiger partial charge >= 0.3 is 12.1 Å². The van der Waals surface area contributed by atoms with Crippen molar-refractivity contribution in [3.63, 3.8) is 0 Å². The number of quaternary nitrogens is 1. The normalized spacial score (nSPS) is 32.4. The van der Waals surface area contributed by atoms with Gasteiger partial charge in [0, 0.05) is 41.1 Å². The van der Waals surface area contributed by atoms with E-state index in [-0.39, 0.29) is 53.9 Å². The van der Waals surface area contributed by atoms with Gasteiger partial charge in [0.2, 0.25) is 0 Å². The van der Waals surface area contributed by atoms with E-state index in [4.69, 9.17) is 0 Å². The van der Waals surface area contributed by atoms with Crippen molar-refractivity contribution in [2.75, 3.05) is 31.6 Å². The molecule has 2 N–H and O–H groups in total. The zero-order chi connectivity index (χ0) is 32.5. The average molecular weight is 656 g/mol. The van der Waals surface area contributed by atoms with Gasteiger partial charge in [-0.1, -0.05) is 19.4 Å². The van der Waals surface area contributed by atoms with Crippen LogP contribution in [0, 0.1) is 28.4 Å². The fraction of sp³-hybridized carbons (Fsp3) is 0.812. The molecule has 1 aromatic rings. The summed E-state index contributed by atoms with van der Waals surface area (Å²) in [5.41, 5.74) is 1.54. The number of phenolic OH excluding ortho intramolecular Hbond substituents is 1. The molecule has 0 bridgehead atoms. The minimum absolute atomic E-state index is 0.0826. The SMILES string of the molecule is CC12CC(F)C3c4ccc(O)cc4CC(CCCCC[N+](C)([O-])CCCS(=O)CCCC(F)(F)C(F)(F)F)C3C1CCC2O. The van der Waals surface area contributed by atoms with Crippen molar-refractivity contribution in [2.24, 2.45) is 23.2 Å². The smallest absolute Gasteiger partial charge is 0.453 e. The van der Waals surface area contributed by atoms with Crippen LogP contribution < -0.4 is 0 Å². The maximum absolute atomic E-state index is 15.9. The van der Waals surface area contributed by atoms with E-state index in [0.717, 1.165) is 43.2 Å². The molecule has 0 saturated heterocycles. The second-order valence-corrected chi connectivity index (χ2v) is 15.7. The molecule has 2 fully saturated rings. The van der Waals surface area contributed by atoms with Crippen molar-refractivity contribution in [2.45, 2.75) is 108 Å². The monoisotopic (exact) mass is 655 g/mol. The highest BCUT2D eigenvalue weighted by atomic mass is 32.2. The standard InChI is InChI=1S/C32H47F6NO4S/c1-30-20-26(33)29-24-10-9-23(40)19-22(24)18-21(28(29)25(30)11-12-27(30)41)8-4-3-5-14-39(2,42)15-7-17-44(43)16-6-13-31(34,35)32(36,37)38/h9-10,19,21,25-29,40-41H,3-8,11-18,20H2,1-2H3. The Kier molecular flexibility index (Phi) is 11.1. The minimum Gasteiger partial charge on any atom is -0.633 e. The number of unbranched alkanes of at least 4 members (excludes halogenated alkanes) is 2. The first-order chi connectivity index (χ1) is 20.4. The highest BCUT2D eigenvalue weighted by molar-refractivity contribution is 7.84. The molecule has 0 heterocycles. The van der Waals surface area contributed by atoms with Crippen LogP contribution in [0.2, 0.25) is 0 Å². The van der Waals surface area contributed by atoms with Gasteiger partial charge in [-0.25, -0.2) is 4.39 Å². The van der Waals surface area contributed by atoms with Crippen LogP contribution in [0.4, 0.5) is 26.3 Å². The Morgan fingerprint density at radius 2 is 1.73 bits per heavy atom. The third-order valence-electron chi connectivity index (χ3n) is 10.8. The molecule has 2 saturated carbocycles. The summed E-state index contributed by atoms with van der Waals surface area (Å²) in [6.07, 6.45) is -2.94. The van der Waals surface area contributed by atoms with E-state index in [1.807, 2.05) is 13.0 Å². The second kappa shape index (κ2) is 13.8. The van der Waals surface area contributed by atoms with Crippen LogP contribution in [-0.2, 0) is 17.2 Å². The molecule has 5 nitrogen and oxygen atoms in total. The number of nitrogens with zero attached hydrogens (tertiary/aromatic N) is 1. The largest absolute Gasteiger partial charge is 0.633 e. The van der Waals surface area contributed by atoms with E-state index >= 15 is 4.39 Å². The number of fused-ring (bicyclic) bond motifs is 5. The van der Waals surface area contributed by atoms with E-state index in [1.54, 1.807) is 12.1 Å². The molecule has 252 valence electrons. The summed E-state index contributed by atoms with van der Waals surface area (Å²) in [4.78, 5) is 0. The summed E-state index contributed by atoms with van der Waals surface area (Å²) < 4.78 is 90.2. The Bertz CT molecular complexity index is 1150. The maximum atomic E-state index is 15.9. The van der Waals surface area contributed by atoms with Crippen LogP contribution >= 0.6 is 0 Å². The van der Waals surface area contributed by atoms with Crippen molar-refractivity contribution in [1.29, 1.82) is 0 Å². The zero-order valence-corrected chi connectivity index (χ0v) is 26.5. The van der Waals surface area contributed by atoms with Gasteiger partial charge in [0.25, 0.3) is 0 Å². The summed E-state index contributed by atoms with van der Waals surface area (Å²) in [5, 5.41) is 33.9. The average Bonchev–Trinajstić information content (AvgIpc) is 3.20. The Labute approximate surface area is 259 Å². The maximum Gasteiger partial charge on any atom is 0.453 e. The van der Waals surface area contributed by atoms with E-state index in [9.17, 15) is 41.6 Å². The summed E-state index contributed by atoms with van der Waals surface area (Å²) in [5.74, 6) is -4.49. The van der Waals surface area contributed by atoms with Crippen molar-refractivity contribution in [3.8, 4) is 5.75 Å². The first-order valence-electron chi connectivity index (χ1n) is 15.9. The molecule has 9 atom stereocenters. The van der Waals surface area contributed by atoms with E-state index < -0.39 is 58.1 Å². The van der Waals surface area contributed by atoms with Crippen LogP contribution in [0.25, 0.3) is 0 Å². The van der Waals surface area contributed by atoms with Gasteiger partial charge < -0.3 is 20.1 Å². The van der Waals surface area contributed by atoms with Gasteiger partial charge in [-0.3, -0.25) is 4.21 Å². The van der Waals surface area contributed by atoms with Crippen LogP contribution in [-0.4, -0.2) is 75.1 Å². The third-order valence-corrected chi connectivity index (χ3v) is 12.2. The predicted octanol–water partition coefficient (Wildman–Crippen LogP) is 7.40. The number of phenols is 1. The predicted molar refractivity (Wildman–Crippen MR) is 158 cm³/mol. The molecule has 4 rings (SSSR count).